The fourth-order valence-corrected chi connectivity index (χ4v) is 3.45. The van der Waals surface area contributed by atoms with Crippen LogP contribution >= 0.6 is 0 Å². The van der Waals surface area contributed by atoms with Crippen molar-refractivity contribution in [2.24, 2.45) is 0 Å². The van der Waals surface area contributed by atoms with E-state index in [4.69, 9.17) is 0 Å². The Morgan fingerprint density at radius 3 is 2.63 bits per heavy atom. The summed E-state index contributed by atoms with van der Waals surface area (Å²) < 4.78 is 0. The van der Waals surface area contributed by atoms with Crippen LogP contribution < -0.4 is 10.6 Å². The first-order valence-corrected chi connectivity index (χ1v) is 9.40. The van der Waals surface area contributed by atoms with E-state index in [0.717, 1.165) is 30.8 Å². The van der Waals surface area contributed by atoms with E-state index in [1.807, 2.05) is 29.2 Å². The summed E-state index contributed by atoms with van der Waals surface area (Å²) in [7, 11) is 0. The molecule has 0 saturated carbocycles. The van der Waals surface area contributed by atoms with Crippen molar-refractivity contribution in [1.82, 2.24) is 15.1 Å². The van der Waals surface area contributed by atoms with Gasteiger partial charge in [-0.25, -0.2) is 4.79 Å². The van der Waals surface area contributed by atoms with Crippen LogP contribution in [0.4, 0.5) is 16.2 Å². The van der Waals surface area contributed by atoms with Gasteiger partial charge in [0, 0.05) is 31.6 Å². The molecule has 2 heterocycles. The molecule has 1 aromatic heterocycles. The van der Waals surface area contributed by atoms with Gasteiger partial charge in [-0.3, -0.25) is 9.89 Å². The van der Waals surface area contributed by atoms with Crippen LogP contribution in [0.3, 0.4) is 0 Å². The van der Waals surface area contributed by atoms with Crippen molar-refractivity contribution in [3.63, 3.8) is 0 Å². The van der Waals surface area contributed by atoms with E-state index in [2.05, 4.69) is 34.7 Å². The first-order valence-electron chi connectivity index (χ1n) is 9.40. The minimum absolute atomic E-state index is 0.0995. The van der Waals surface area contributed by atoms with Crippen LogP contribution in [0.2, 0.25) is 0 Å². The molecule has 144 valence electrons. The molecular weight excluding hydrogens is 342 g/mol. The molecular formula is C20H27N5O2. The second-order valence-electron chi connectivity index (χ2n) is 7.37. The van der Waals surface area contributed by atoms with Gasteiger partial charge in [-0.05, 0) is 36.5 Å². The molecule has 7 nitrogen and oxygen atoms in total. The molecule has 3 rings (SSSR count). The number of likely N-dealkylation sites (tertiary alicyclic amines) is 1. The van der Waals surface area contributed by atoms with E-state index in [1.165, 1.54) is 12.5 Å². The molecule has 1 aliphatic rings. The highest BCUT2D eigenvalue weighted by atomic mass is 16.2. The SMILES string of the molecule is CC(=O)Nc1cn[nH]c1[C@@H]1CCCN(C(=O)Nc2ccc(C(C)C)cc2)C1. The van der Waals surface area contributed by atoms with Crippen molar-refractivity contribution in [1.29, 1.82) is 0 Å². The number of aromatic nitrogens is 2. The van der Waals surface area contributed by atoms with E-state index in [-0.39, 0.29) is 17.9 Å². The number of aromatic amines is 1. The molecule has 3 amide bonds. The number of urea groups is 1. The van der Waals surface area contributed by atoms with Crippen molar-refractivity contribution < 1.29 is 9.59 Å². The highest BCUT2D eigenvalue weighted by Crippen LogP contribution is 2.30. The summed E-state index contributed by atoms with van der Waals surface area (Å²) in [5.41, 5.74) is 3.62. The number of H-pyrrole nitrogens is 1. The molecule has 1 atom stereocenters. The number of carbonyl (C=O) groups excluding carboxylic acids is 2. The van der Waals surface area contributed by atoms with Gasteiger partial charge in [-0.1, -0.05) is 26.0 Å². The largest absolute Gasteiger partial charge is 0.324 e. The topological polar surface area (TPSA) is 90.1 Å². The Morgan fingerprint density at radius 1 is 1.22 bits per heavy atom. The van der Waals surface area contributed by atoms with Gasteiger partial charge in [0.05, 0.1) is 17.6 Å². The second-order valence-corrected chi connectivity index (χ2v) is 7.37. The maximum absolute atomic E-state index is 12.7. The van der Waals surface area contributed by atoms with E-state index in [0.29, 0.717) is 18.2 Å². The molecule has 1 aliphatic heterocycles. The van der Waals surface area contributed by atoms with Crippen LogP contribution in [0.25, 0.3) is 0 Å². The van der Waals surface area contributed by atoms with Gasteiger partial charge in [0.15, 0.2) is 0 Å². The summed E-state index contributed by atoms with van der Waals surface area (Å²) in [5.74, 6) is 0.454. The fourth-order valence-electron chi connectivity index (χ4n) is 3.45. The first kappa shape index (κ1) is 18.9. The molecule has 1 saturated heterocycles. The van der Waals surface area contributed by atoms with E-state index < -0.39 is 0 Å². The smallest absolute Gasteiger partial charge is 0.321 e. The highest BCUT2D eigenvalue weighted by Gasteiger charge is 2.27. The Morgan fingerprint density at radius 2 is 1.96 bits per heavy atom. The Labute approximate surface area is 159 Å². The summed E-state index contributed by atoms with van der Waals surface area (Å²) in [4.78, 5) is 25.9. The van der Waals surface area contributed by atoms with Crippen molar-refractivity contribution in [3.05, 3.63) is 41.7 Å². The van der Waals surface area contributed by atoms with Gasteiger partial charge in [0.2, 0.25) is 5.91 Å². The first-order chi connectivity index (χ1) is 12.9. The quantitative estimate of drug-likeness (QED) is 0.763. The predicted octanol–water partition coefficient (Wildman–Crippen LogP) is 3.90. The summed E-state index contributed by atoms with van der Waals surface area (Å²) in [6.45, 7) is 7.07. The van der Waals surface area contributed by atoms with Gasteiger partial charge < -0.3 is 15.5 Å². The van der Waals surface area contributed by atoms with Gasteiger partial charge in [0.25, 0.3) is 0 Å². The van der Waals surface area contributed by atoms with Crippen LogP contribution in [-0.4, -0.2) is 40.1 Å². The Balaban J connectivity index is 1.64. The molecule has 0 spiro atoms. The van der Waals surface area contributed by atoms with Crippen LogP contribution in [0.1, 0.15) is 56.7 Å². The lowest BCUT2D eigenvalue weighted by Crippen LogP contribution is -2.41. The van der Waals surface area contributed by atoms with Crippen LogP contribution in [0, 0.1) is 0 Å². The fraction of sp³-hybridized carbons (Fsp3) is 0.450. The Hall–Kier alpha value is -2.83. The highest BCUT2D eigenvalue weighted by molar-refractivity contribution is 5.90. The van der Waals surface area contributed by atoms with Crippen molar-refractivity contribution in [2.45, 2.75) is 45.4 Å². The maximum Gasteiger partial charge on any atom is 0.321 e. The van der Waals surface area contributed by atoms with Crippen LogP contribution in [-0.2, 0) is 4.79 Å². The van der Waals surface area contributed by atoms with E-state index >= 15 is 0 Å². The van der Waals surface area contributed by atoms with Crippen molar-refractivity contribution in [2.75, 3.05) is 23.7 Å². The number of carbonyl (C=O) groups is 2. The number of hydrogen-bond donors (Lipinski definition) is 3. The summed E-state index contributed by atoms with van der Waals surface area (Å²) in [5, 5.41) is 12.8. The van der Waals surface area contributed by atoms with Crippen LogP contribution in [0.15, 0.2) is 30.5 Å². The van der Waals surface area contributed by atoms with Crippen molar-refractivity contribution >= 4 is 23.3 Å². The molecule has 0 radical (unpaired) electrons. The third kappa shape index (κ3) is 4.67. The normalized spacial score (nSPS) is 17.0. The lowest BCUT2D eigenvalue weighted by atomic mass is 9.94. The number of anilines is 2. The third-order valence-electron chi connectivity index (χ3n) is 4.92. The molecule has 3 N–H and O–H groups in total. The van der Waals surface area contributed by atoms with Gasteiger partial charge in [-0.15, -0.1) is 0 Å². The Kier molecular flexibility index (Phi) is 5.78. The van der Waals surface area contributed by atoms with Crippen molar-refractivity contribution in [3.8, 4) is 0 Å². The zero-order valence-electron chi connectivity index (χ0n) is 16.1. The number of benzene rings is 1. The number of nitrogens with zero attached hydrogens (tertiary/aromatic N) is 2. The molecule has 1 fully saturated rings. The molecule has 7 heteroatoms. The standard InChI is InChI=1S/C20H27N5O2/c1-13(2)15-6-8-17(9-7-15)23-20(27)25-10-4-5-16(12-25)19-18(11-21-24-19)22-14(3)26/h6-9,11,13,16H,4-5,10,12H2,1-3H3,(H,21,24)(H,22,26)(H,23,27)/t16-/m1/s1. The number of piperidine rings is 1. The number of hydrogen-bond acceptors (Lipinski definition) is 3. The Bertz CT molecular complexity index is 797. The minimum atomic E-state index is -0.132. The minimum Gasteiger partial charge on any atom is -0.324 e. The zero-order valence-corrected chi connectivity index (χ0v) is 16.1. The summed E-state index contributed by atoms with van der Waals surface area (Å²) in [6.07, 6.45) is 3.47. The lowest BCUT2D eigenvalue weighted by molar-refractivity contribution is -0.114. The number of nitrogens with one attached hydrogen (secondary N) is 3. The monoisotopic (exact) mass is 369 g/mol. The molecule has 27 heavy (non-hydrogen) atoms. The average Bonchev–Trinajstić information content (AvgIpc) is 3.09. The van der Waals surface area contributed by atoms with Gasteiger partial charge in [-0.2, -0.15) is 5.10 Å². The van der Waals surface area contributed by atoms with E-state index in [1.54, 1.807) is 6.20 Å². The molecule has 0 aliphatic carbocycles. The summed E-state index contributed by atoms with van der Waals surface area (Å²) in [6, 6.07) is 7.88. The second kappa shape index (κ2) is 8.24. The molecule has 0 unspecified atom stereocenters. The molecule has 0 bridgehead atoms. The third-order valence-corrected chi connectivity index (χ3v) is 4.92. The van der Waals surface area contributed by atoms with Gasteiger partial charge in [0.1, 0.15) is 0 Å². The number of amides is 3. The maximum atomic E-state index is 12.7. The molecule has 1 aromatic carbocycles. The van der Waals surface area contributed by atoms with E-state index in [9.17, 15) is 9.59 Å². The van der Waals surface area contributed by atoms with Crippen LogP contribution in [0.5, 0.6) is 0 Å². The van der Waals surface area contributed by atoms with Gasteiger partial charge >= 0.3 is 6.03 Å². The molecule has 2 aromatic rings. The summed E-state index contributed by atoms with van der Waals surface area (Å²) >= 11 is 0. The predicted molar refractivity (Wildman–Crippen MR) is 106 cm³/mol. The number of rotatable bonds is 4. The zero-order chi connectivity index (χ0) is 19.4. The average molecular weight is 369 g/mol. The lowest BCUT2D eigenvalue weighted by Gasteiger charge is -2.32.